The highest BCUT2D eigenvalue weighted by atomic mass is 16.5. The van der Waals surface area contributed by atoms with E-state index in [1.54, 1.807) is 13.8 Å². The molecule has 1 aliphatic rings. The smallest absolute Gasteiger partial charge is 0.329 e. The Hall–Kier alpha value is -1.10. The third-order valence-corrected chi connectivity index (χ3v) is 3.78. The van der Waals surface area contributed by atoms with Crippen molar-refractivity contribution in [1.29, 1.82) is 0 Å². The van der Waals surface area contributed by atoms with E-state index < -0.39 is 17.6 Å². The van der Waals surface area contributed by atoms with Crippen molar-refractivity contribution in [3.8, 4) is 0 Å². The van der Waals surface area contributed by atoms with Crippen molar-refractivity contribution in [3.63, 3.8) is 0 Å². The molecule has 0 aromatic heterocycles. The predicted molar refractivity (Wildman–Crippen MR) is 71.9 cm³/mol. The second-order valence-corrected chi connectivity index (χ2v) is 5.87. The first-order valence-electron chi connectivity index (χ1n) is 6.95. The number of carboxylic acids is 1. The fourth-order valence-electron chi connectivity index (χ4n) is 2.31. The molecule has 0 spiro atoms. The van der Waals surface area contributed by atoms with Crippen LogP contribution in [-0.2, 0) is 14.3 Å². The van der Waals surface area contributed by atoms with Crippen LogP contribution in [0.5, 0.6) is 0 Å². The van der Waals surface area contributed by atoms with Crippen LogP contribution in [-0.4, -0.2) is 46.7 Å². The van der Waals surface area contributed by atoms with Gasteiger partial charge in [-0.2, -0.15) is 0 Å². The van der Waals surface area contributed by atoms with Crippen molar-refractivity contribution in [2.24, 2.45) is 5.92 Å². The lowest BCUT2D eigenvalue weighted by atomic mass is 9.99. The Kier molecular flexibility index (Phi) is 5.35. The SMILES string of the molecule is CC(C)CCOC(C)C(=O)N1CCCC1(C)C(=O)O. The first kappa shape index (κ1) is 16.0. The Morgan fingerprint density at radius 3 is 2.53 bits per heavy atom. The second-order valence-electron chi connectivity index (χ2n) is 5.87. The number of likely N-dealkylation sites (tertiary alicyclic amines) is 1. The molecule has 5 nitrogen and oxygen atoms in total. The van der Waals surface area contributed by atoms with Gasteiger partial charge in [0.2, 0.25) is 0 Å². The molecule has 110 valence electrons. The lowest BCUT2D eigenvalue weighted by Gasteiger charge is -2.33. The maximum atomic E-state index is 12.3. The van der Waals surface area contributed by atoms with Crippen LogP contribution in [0.15, 0.2) is 0 Å². The Labute approximate surface area is 114 Å². The second kappa shape index (κ2) is 6.37. The highest BCUT2D eigenvalue weighted by molar-refractivity contribution is 5.89. The summed E-state index contributed by atoms with van der Waals surface area (Å²) in [5.41, 5.74) is -1.08. The molecule has 19 heavy (non-hydrogen) atoms. The van der Waals surface area contributed by atoms with Crippen molar-refractivity contribution in [2.45, 2.75) is 58.6 Å². The maximum Gasteiger partial charge on any atom is 0.329 e. The quantitative estimate of drug-likeness (QED) is 0.801. The van der Waals surface area contributed by atoms with E-state index in [1.807, 2.05) is 0 Å². The molecule has 1 saturated heterocycles. The molecule has 0 saturated carbocycles. The van der Waals surface area contributed by atoms with Crippen LogP contribution in [0.2, 0.25) is 0 Å². The summed E-state index contributed by atoms with van der Waals surface area (Å²) in [5, 5.41) is 9.29. The fourth-order valence-corrected chi connectivity index (χ4v) is 2.31. The summed E-state index contributed by atoms with van der Waals surface area (Å²) in [4.78, 5) is 25.1. The first-order valence-corrected chi connectivity index (χ1v) is 6.95. The van der Waals surface area contributed by atoms with Crippen molar-refractivity contribution in [2.75, 3.05) is 13.2 Å². The number of hydrogen-bond donors (Lipinski definition) is 1. The molecule has 0 aromatic rings. The van der Waals surface area contributed by atoms with Gasteiger partial charge in [0.1, 0.15) is 11.6 Å². The predicted octanol–water partition coefficient (Wildman–Crippen LogP) is 1.90. The standard InChI is InChI=1S/C14H25NO4/c1-10(2)6-9-19-11(3)12(16)15-8-5-7-14(15,4)13(17)18/h10-11H,5-9H2,1-4H3,(H,17,18). The van der Waals surface area contributed by atoms with E-state index in [2.05, 4.69) is 13.8 Å². The molecule has 0 radical (unpaired) electrons. The van der Waals surface area contributed by atoms with E-state index in [0.29, 0.717) is 25.5 Å². The number of carbonyl (C=O) groups excluding carboxylic acids is 1. The van der Waals surface area contributed by atoms with Crippen molar-refractivity contribution in [1.82, 2.24) is 4.90 Å². The van der Waals surface area contributed by atoms with Crippen LogP contribution in [0.25, 0.3) is 0 Å². The molecule has 1 heterocycles. The molecule has 1 rings (SSSR count). The van der Waals surface area contributed by atoms with Crippen molar-refractivity contribution >= 4 is 11.9 Å². The van der Waals surface area contributed by atoms with Gasteiger partial charge in [0, 0.05) is 13.2 Å². The lowest BCUT2D eigenvalue weighted by molar-refractivity contribution is -0.160. The highest BCUT2D eigenvalue weighted by Crippen LogP contribution is 2.30. The number of rotatable bonds is 6. The van der Waals surface area contributed by atoms with Crippen LogP contribution in [0, 0.1) is 5.92 Å². The summed E-state index contributed by atoms with van der Waals surface area (Å²) in [6, 6.07) is 0. The van der Waals surface area contributed by atoms with Gasteiger partial charge in [0.15, 0.2) is 0 Å². The van der Waals surface area contributed by atoms with Gasteiger partial charge >= 0.3 is 5.97 Å². The molecule has 5 heteroatoms. The average molecular weight is 271 g/mol. The van der Waals surface area contributed by atoms with Crippen LogP contribution < -0.4 is 0 Å². The number of hydrogen-bond acceptors (Lipinski definition) is 3. The Morgan fingerprint density at radius 1 is 1.37 bits per heavy atom. The summed E-state index contributed by atoms with van der Waals surface area (Å²) in [6.07, 6.45) is 1.56. The molecule has 1 fully saturated rings. The summed E-state index contributed by atoms with van der Waals surface area (Å²) >= 11 is 0. The summed E-state index contributed by atoms with van der Waals surface area (Å²) in [6.45, 7) is 8.53. The van der Waals surface area contributed by atoms with Crippen LogP contribution >= 0.6 is 0 Å². The molecule has 0 aromatic carbocycles. The molecule has 2 atom stereocenters. The molecular formula is C14H25NO4. The number of carbonyl (C=O) groups is 2. The fraction of sp³-hybridized carbons (Fsp3) is 0.857. The third-order valence-electron chi connectivity index (χ3n) is 3.78. The summed E-state index contributed by atoms with van der Waals surface area (Å²) < 4.78 is 5.52. The molecule has 1 amide bonds. The molecular weight excluding hydrogens is 246 g/mol. The Bertz CT molecular complexity index is 342. The minimum Gasteiger partial charge on any atom is -0.480 e. The van der Waals surface area contributed by atoms with E-state index in [0.717, 1.165) is 12.8 Å². The van der Waals surface area contributed by atoms with Gasteiger partial charge in [-0.05, 0) is 39.0 Å². The van der Waals surface area contributed by atoms with E-state index >= 15 is 0 Å². The molecule has 1 N–H and O–H groups in total. The zero-order valence-corrected chi connectivity index (χ0v) is 12.3. The van der Waals surface area contributed by atoms with E-state index in [9.17, 15) is 14.7 Å². The molecule has 2 unspecified atom stereocenters. The van der Waals surface area contributed by atoms with Gasteiger partial charge in [-0.3, -0.25) is 4.79 Å². The van der Waals surface area contributed by atoms with Crippen molar-refractivity contribution < 1.29 is 19.4 Å². The van der Waals surface area contributed by atoms with Gasteiger partial charge in [-0.15, -0.1) is 0 Å². The molecule has 1 aliphatic heterocycles. The van der Waals surface area contributed by atoms with Crippen LogP contribution in [0.1, 0.15) is 47.0 Å². The number of ether oxygens (including phenoxy) is 1. The molecule has 0 aliphatic carbocycles. The third kappa shape index (κ3) is 3.69. The van der Waals surface area contributed by atoms with E-state index in [4.69, 9.17) is 4.74 Å². The van der Waals surface area contributed by atoms with Gasteiger partial charge in [0.25, 0.3) is 5.91 Å². The van der Waals surface area contributed by atoms with E-state index in [-0.39, 0.29) is 5.91 Å². The zero-order valence-electron chi connectivity index (χ0n) is 12.3. The van der Waals surface area contributed by atoms with Gasteiger partial charge in [-0.1, -0.05) is 13.8 Å². The van der Waals surface area contributed by atoms with Gasteiger partial charge in [0.05, 0.1) is 0 Å². The number of nitrogens with zero attached hydrogens (tertiary/aromatic N) is 1. The van der Waals surface area contributed by atoms with Gasteiger partial charge < -0.3 is 14.7 Å². The van der Waals surface area contributed by atoms with Crippen LogP contribution in [0.3, 0.4) is 0 Å². The van der Waals surface area contributed by atoms with Crippen LogP contribution in [0.4, 0.5) is 0 Å². The Morgan fingerprint density at radius 2 is 2.00 bits per heavy atom. The first-order chi connectivity index (χ1) is 8.79. The summed E-state index contributed by atoms with van der Waals surface area (Å²) in [5.74, 6) is -0.628. The minimum atomic E-state index is -1.08. The van der Waals surface area contributed by atoms with Gasteiger partial charge in [-0.25, -0.2) is 4.79 Å². The number of aliphatic carboxylic acids is 1. The topological polar surface area (TPSA) is 66.8 Å². The largest absolute Gasteiger partial charge is 0.480 e. The summed E-state index contributed by atoms with van der Waals surface area (Å²) in [7, 11) is 0. The monoisotopic (exact) mass is 271 g/mol. The highest BCUT2D eigenvalue weighted by Gasteiger charge is 2.46. The maximum absolute atomic E-state index is 12.3. The number of amides is 1. The number of carboxylic acid groups (broad SMARTS) is 1. The van der Waals surface area contributed by atoms with Crippen molar-refractivity contribution in [3.05, 3.63) is 0 Å². The lowest BCUT2D eigenvalue weighted by Crippen LogP contribution is -2.53. The average Bonchev–Trinajstić information content (AvgIpc) is 2.71. The van der Waals surface area contributed by atoms with E-state index in [1.165, 1.54) is 4.90 Å². The zero-order chi connectivity index (χ0) is 14.6. The normalized spacial score (nSPS) is 24.8. The molecule has 0 bridgehead atoms. The Balaban J connectivity index is 2.59. The minimum absolute atomic E-state index is 0.217.